The summed E-state index contributed by atoms with van der Waals surface area (Å²) in [7, 11) is 1.96. The molecule has 1 unspecified atom stereocenters. The topological polar surface area (TPSA) is 39.7 Å². The average molecular weight is 249 g/mol. The first-order chi connectivity index (χ1) is 8.88. The van der Waals surface area contributed by atoms with Gasteiger partial charge < -0.3 is 19.5 Å². The van der Waals surface area contributed by atoms with Crippen molar-refractivity contribution in [2.75, 3.05) is 33.5 Å². The Morgan fingerprint density at radius 1 is 1.11 bits per heavy atom. The van der Waals surface area contributed by atoms with Crippen molar-refractivity contribution in [2.45, 2.75) is 18.9 Å². The van der Waals surface area contributed by atoms with Crippen LogP contribution in [0.3, 0.4) is 0 Å². The molecule has 4 heteroatoms. The highest BCUT2D eigenvalue weighted by Gasteiger charge is 2.22. The van der Waals surface area contributed by atoms with Gasteiger partial charge in [0.25, 0.3) is 0 Å². The maximum Gasteiger partial charge on any atom is 0.161 e. The van der Waals surface area contributed by atoms with Crippen LogP contribution in [0.25, 0.3) is 0 Å². The SMILES string of the molecule is CNC1COCCc2cc3c(cc21)OCCCO3. The standard InChI is InChI=1S/C14H19NO3/c1-15-12-9-16-6-3-10-7-13-14(8-11(10)12)18-5-2-4-17-13/h7-8,12,15H,2-6,9H2,1H3. The fourth-order valence-electron chi connectivity index (χ4n) is 2.52. The first kappa shape index (κ1) is 11.8. The smallest absolute Gasteiger partial charge is 0.161 e. The molecule has 0 saturated heterocycles. The number of nitrogens with one attached hydrogen (secondary N) is 1. The van der Waals surface area contributed by atoms with Crippen molar-refractivity contribution in [2.24, 2.45) is 0 Å². The first-order valence-electron chi connectivity index (χ1n) is 6.56. The summed E-state index contributed by atoms with van der Waals surface area (Å²) in [5, 5.41) is 3.30. The molecule has 0 saturated carbocycles. The molecule has 4 nitrogen and oxygen atoms in total. The Hall–Kier alpha value is -1.26. The highest BCUT2D eigenvalue weighted by molar-refractivity contribution is 5.49. The first-order valence-corrected chi connectivity index (χ1v) is 6.56. The highest BCUT2D eigenvalue weighted by atomic mass is 16.5. The number of ether oxygens (including phenoxy) is 3. The van der Waals surface area contributed by atoms with Crippen molar-refractivity contribution in [3.05, 3.63) is 23.3 Å². The van der Waals surface area contributed by atoms with Gasteiger partial charge in [0.1, 0.15) is 0 Å². The van der Waals surface area contributed by atoms with E-state index in [-0.39, 0.29) is 6.04 Å². The van der Waals surface area contributed by atoms with Crippen LogP contribution in [0.4, 0.5) is 0 Å². The fraction of sp³-hybridized carbons (Fsp3) is 0.571. The predicted octanol–water partition coefficient (Wildman–Crippen LogP) is 1.68. The second kappa shape index (κ2) is 5.16. The van der Waals surface area contributed by atoms with Gasteiger partial charge in [-0.2, -0.15) is 0 Å². The Labute approximate surface area is 107 Å². The lowest BCUT2D eigenvalue weighted by molar-refractivity contribution is 0.123. The summed E-state index contributed by atoms with van der Waals surface area (Å²) in [4.78, 5) is 0. The molecule has 0 amide bonds. The summed E-state index contributed by atoms with van der Waals surface area (Å²) in [6, 6.07) is 4.47. The molecule has 0 spiro atoms. The molecule has 0 bridgehead atoms. The van der Waals surface area contributed by atoms with E-state index in [1.165, 1.54) is 11.1 Å². The largest absolute Gasteiger partial charge is 0.490 e. The van der Waals surface area contributed by atoms with Crippen LogP contribution >= 0.6 is 0 Å². The number of hydrogen-bond acceptors (Lipinski definition) is 4. The molecule has 1 aromatic rings. The van der Waals surface area contributed by atoms with Crippen molar-refractivity contribution in [1.82, 2.24) is 5.32 Å². The molecule has 2 heterocycles. The molecule has 18 heavy (non-hydrogen) atoms. The molecule has 0 fully saturated rings. The van der Waals surface area contributed by atoms with Gasteiger partial charge in [-0.15, -0.1) is 0 Å². The zero-order valence-electron chi connectivity index (χ0n) is 10.7. The van der Waals surface area contributed by atoms with E-state index in [4.69, 9.17) is 14.2 Å². The minimum absolute atomic E-state index is 0.236. The molecule has 0 aliphatic carbocycles. The van der Waals surface area contributed by atoms with Gasteiger partial charge in [-0.3, -0.25) is 0 Å². The molecule has 0 radical (unpaired) electrons. The maximum absolute atomic E-state index is 5.75. The summed E-state index contributed by atoms with van der Waals surface area (Å²) >= 11 is 0. The van der Waals surface area contributed by atoms with Crippen molar-refractivity contribution < 1.29 is 14.2 Å². The number of fused-ring (bicyclic) bond motifs is 2. The molecule has 3 rings (SSSR count). The van der Waals surface area contributed by atoms with Gasteiger partial charge in [0, 0.05) is 6.42 Å². The summed E-state index contributed by atoms with van der Waals surface area (Å²) in [6.07, 6.45) is 1.88. The van der Waals surface area contributed by atoms with Crippen LogP contribution in [0.5, 0.6) is 11.5 Å². The van der Waals surface area contributed by atoms with E-state index in [9.17, 15) is 0 Å². The Kier molecular flexibility index (Phi) is 3.39. The Morgan fingerprint density at radius 2 is 1.89 bits per heavy atom. The van der Waals surface area contributed by atoms with Gasteiger partial charge in [-0.05, 0) is 36.7 Å². The molecule has 98 valence electrons. The van der Waals surface area contributed by atoms with Crippen LogP contribution in [-0.2, 0) is 11.2 Å². The van der Waals surface area contributed by atoms with Crippen LogP contribution in [0.2, 0.25) is 0 Å². The third kappa shape index (κ3) is 2.18. The second-order valence-corrected chi connectivity index (χ2v) is 4.71. The molecule has 0 aromatic heterocycles. The van der Waals surface area contributed by atoms with Crippen molar-refractivity contribution in [1.29, 1.82) is 0 Å². The number of hydrogen-bond donors (Lipinski definition) is 1. The minimum Gasteiger partial charge on any atom is -0.490 e. The van der Waals surface area contributed by atoms with E-state index in [2.05, 4.69) is 17.4 Å². The quantitative estimate of drug-likeness (QED) is 0.822. The normalized spacial score (nSPS) is 22.8. The van der Waals surface area contributed by atoms with E-state index in [1.807, 2.05) is 7.05 Å². The summed E-state index contributed by atoms with van der Waals surface area (Å²) in [5.74, 6) is 1.75. The number of rotatable bonds is 1. The second-order valence-electron chi connectivity index (χ2n) is 4.71. The van der Waals surface area contributed by atoms with E-state index >= 15 is 0 Å². The van der Waals surface area contributed by atoms with Gasteiger partial charge in [0.2, 0.25) is 0 Å². The van der Waals surface area contributed by atoms with Crippen molar-refractivity contribution >= 4 is 0 Å². The number of likely N-dealkylation sites (N-methyl/N-ethyl adjacent to an activating group) is 1. The molecule has 2 aliphatic heterocycles. The van der Waals surface area contributed by atoms with Gasteiger partial charge in [-0.1, -0.05) is 0 Å². The van der Waals surface area contributed by atoms with Crippen LogP contribution in [0.1, 0.15) is 23.6 Å². The lowest BCUT2D eigenvalue weighted by Gasteiger charge is -2.18. The third-order valence-corrected chi connectivity index (χ3v) is 3.53. The Morgan fingerprint density at radius 3 is 2.67 bits per heavy atom. The number of benzene rings is 1. The minimum atomic E-state index is 0.236. The van der Waals surface area contributed by atoms with Gasteiger partial charge in [-0.25, -0.2) is 0 Å². The van der Waals surface area contributed by atoms with Crippen LogP contribution in [-0.4, -0.2) is 33.5 Å². The molecule has 1 atom stereocenters. The van der Waals surface area contributed by atoms with E-state index < -0.39 is 0 Å². The van der Waals surface area contributed by atoms with E-state index in [0.717, 1.165) is 44.2 Å². The Balaban J connectivity index is 2.02. The summed E-state index contributed by atoms with van der Waals surface area (Å²) in [6.45, 7) is 2.94. The highest BCUT2D eigenvalue weighted by Crippen LogP contribution is 2.36. The molecule has 1 aromatic carbocycles. The van der Waals surface area contributed by atoms with Gasteiger partial charge in [0.15, 0.2) is 11.5 Å². The molecule has 2 aliphatic rings. The van der Waals surface area contributed by atoms with Crippen LogP contribution in [0, 0.1) is 0 Å². The monoisotopic (exact) mass is 249 g/mol. The van der Waals surface area contributed by atoms with Crippen LogP contribution in [0.15, 0.2) is 12.1 Å². The van der Waals surface area contributed by atoms with Crippen molar-refractivity contribution in [3.8, 4) is 11.5 Å². The summed E-state index contributed by atoms with van der Waals surface area (Å²) in [5.41, 5.74) is 2.58. The zero-order valence-corrected chi connectivity index (χ0v) is 10.7. The van der Waals surface area contributed by atoms with Crippen molar-refractivity contribution in [3.63, 3.8) is 0 Å². The lowest BCUT2D eigenvalue weighted by Crippen LogP contribution is -2.21. The zero-order chi connectivity index (χ0) is 12.4. The lowest BCUT2D eigenvalue weighted by atomic mass is 9.98. The maximum atomic E-state index is 5.75. The van der Waals surface area contributed by atoms with Gasteiger partial charge in [0.05, 0.1) is 32.5 Å². The average Bonchev–Trinajstić information content (AvgIpc) is 2.73. The summed E-state index contributed by atoms with van der Waals surface area (Å²) < 4.78 is 17.1. The Bertz CT molecular complexity index is 433. The van der Waals surface area contributed by atoms with Crippen LogP contribution < -0.4 is 14.8 Å². The van der Waals surface area contributed by atoms with E-state index in [1.54, 1.807) is 0 Å². The molecular weight excluding hydrogens is 230 g/mol. The third-order valence-electron chi connectivity index (χ3n) is 3.53. The predicted molar refractivity (Wildman–Crippen MR) is 68.4 cm³/mol. The molecular formula is C14H19NO3. The van der Waals surface area contributed by atoms with Gasteiger partial charge >= 0.3 is 0 Å². The van der Waals surface area contributed by atoms with E-state index in [0.29, 0.717) is 6.61 Å². The fourth-order valence-corrected chi connectivity index (χ4v) is 2.52. The molecule has 1 N–H and O–H groups in total.